The van der Waals surface area contributed by atoms with Crippen molar-refractivity contribution in [1.82, 2.24) is 0 Å². The number of hydrogen-bond acceptors (Lipinski definition) is 1. The van der Waals surface area contributed by atoms with E-state index in [4.69, 9.17) is 4.42 Å². The Morgan fingerprint density at radius 3 is 2.19 bits per heavy atom. The van der Waals surface area contributed by atoms with Crippen molar-refractivity contribution in [3.8, 4) is 22.3 Å². The van der Waals surface area contributed by atoms with E-state index in [1.165, 1.54) is 22.3 Å². The van der Waals surface area contributed by atoms with E-state index in [9.17, 15) is 0 Å². The van der Waals surface area contributed by atoms with Crippen molar-refractivity contribution in [2.75, 3.05) is 0 Å². The highest BCUT2D eigenvalue weighted by Crippen LogP contribution is 2.37. The van der Waals surface area contributed by atoms with Gasteiger partial charge >= 0.3 is 0 Å². The third kappa shape index (κ3) is 2.41. The largest absolute Gasteiger partial charge is 0.455 e. The quantitative estimate of drug-likeness (QED) is 0.332. The van der Waals surface area contributed by atoms with Crippen LogP contribution in [0.3, 0.4) is 0 Å². The second kappa shape index (κ2) is 5.89. The third-order valence-electron chi connectivity index (χ3n) is 4.93. The first-order valence-electron chi connectivity index (χ1n) is 8.87. The molecule has 0 aliphatic heterocycles. The predicted molar refractivity (Wildman–Crippen MR) is 109 cm³/mol. The maximum Gasteiger partial charge on any atom is 0.143 e. The van der Waals surface area contributed by atoms with E-state index in [1.54, 1.807) is 0 Å². The summed E-state index contributed by atoms with van der Waals surface area (Å²) in [5.74, 6) is 0. The van der Waals surface area contributed by atoms with Crippen molar-refractivity contribution in [2.45, 2.75) is 6.92 Å². The first-order chi connectivity index (χ1) is 12.8. The van der Waals surface area contributed by atoms with Crippen LogP contribution in [0.2, 0.25) is 0 Å². The van der Waals surface area contributed by atoms with Gasteiger partial charge in [-0.05, 0) is 35.7 Å². The molecular weight excluding hydrogens is 316 g/mol. The fourth-order valence-electron chi connectivity index (χ4n) is 3.65. The predicted octanol–water partition coefficient (Wildman–Crippen LogP) is 7.23. The molecule has 0 bridgehead atoms. The summed E-state index contributed by atoms with van der Waals surface area (Å²) in [6.45, 7) is 2.13. The van der Waals surface area contributed by atoms with Crippen LogP contribution in [0.4, 0.5) is 0 Å². The number of aryl methyl sites for hydroxylation is 1. The minimum Gasteiger partial charge on any atom is -0.455 e. The van der Waals surface area contributed by atoms with Crippen LogP contribution in [0.25, 0.3) is 44.2 Å². The van der Waals surface area contributed by atoms with E-state index < -0.39 is 0 Å². The molecule has 1 heterocycles. The lowest BCUT2D eigenvalue weighted by Gasteiger charge is -2.03. The van der Waals surface area contributed by atoms with Gasteiger partial charge in [0.25, 0.3) is 0 Å². The Bertz CT molecular complexity index is 1230. The molecule has 0 radical (unpaired) electrons. The fourth-order valence-corrected chi connectivity index (χ4v) is 3.65. The molecule has 0 N–H and O–H groups in total. The fraction of sp³-hybridized carbons (Fsp3) is 0.0400. The summed E-state index contributed by atoms with van der Waals surface area (Å²) in [7, 11) is 0. The monoisotopic (exact) mass is 334 g/mol. The van der Waals surface area contributed by atoms with Gasteiger partial charge in [0.2, 0.25) is 0 Å². The lowest BCUT2D eigenvalue weighted by atomic mass is 9.99. The topological polar surface area (TPSA) is 13.1 Å². The first kappa shape index (κ1) is 15.0. The van der Waals surface area contributed by atoms with Crippen molar-refractivity contribution in [1.29, 1.82) is 0 Å². The van der Waals surface area contributed by atoms with Gasteiger partial charge in [-0.25, -0.2) is 0 Å². The highest BCUT2D eigenvalue weighted by molar-refractivity contribution is 6.10. The Morgan fingerprint density at radius 1 is 0.577 bits per heavy atom. The maximum absolute atomic E-state index is 6.25. The molecule has 0 spiro atoms. The molecular formula is C25H18O. The Morgan fingerprint density at radius 2 is 1.35 bits per heavy atom. The Balaban J connectivity index is 1.76. The molecule has 0 amide bonds. The summed E-state index contributed by atoms with van der Waals surface area (Å²) < 4.78 is 6.25. The number of benzene rings is 4. The highest BCUT2D eigenvalue weighted by atomic mass is 16.3. The van der Waals surface area contributed by atoms with Crippen LogP contribution >= 0.6 is 0 Å². The van der Waals surface area contributed by atoms with E-state index in [0.717, 1.165) is 27.5 Å². The van der Waals surface area contributed by atoms with Crippen molar-refractivity contribution in [3.05, 3.63) is 96.6 Å². The van der Waals surface area contributed by atoms with E-state index in [0.29, 0.717) is 0 Å². The normalized spacial score (nSPS) is 11.3. The van der Waals surface area contributed by atoms with Gasteiger partial charge < -0.3 is 4.42 Å². The summed E-state index contributed by atoms with van der Waals surface area (Å²) in [6.07, 6.45) is 0. The zero-order valence-corrected chi connectivity index (χ0v) is 14.6. The summed E-state index contributed by atoms with van der Waals surface area (Å²) in [6, 6.07) is 31.9. The second-order valence-electron chi connectivity index (χ2n) is 6.73. The Hall–Kier alpha value is -3.32. The number of fused-ring (bicyclic) bond motifs is 3. The Labute approximate surface area is 152 Å². The van der Waals surface area contributed by atoms with Crippen molar-refractivity contribution < 1.29 is 4.42 Å². The zero-order valence-electron chi connectivity index (χ0n) is 14.6. The molecule has 0 saturated carbocycles. The van der Waals surface area contributed by atoms with Crippen molar-refractivity contribution in [2.24, 2.45) is 0 Å². The van der Waals surface area contributed by atoms with Crippen LogP contribution in [-0.2, 0) is 0 Å². The van der Waals surface area contributed by atoms with Gasteiger partial charge in [0.15, 0.2) is 0 Å². The SMILES string of the molecule is Cc1cccc(-c2ccc3oc4c(-c5ccccc5)cccc4c3c2)c1. The van der Waals surface area contributed by atoms with Gasteiger partial charge in [0.05, 0.1) is 0 Å². The number of para-hydroxylation sites is 1. The van der Waals surface area contributed by atoms with Gasteiger partial charge in [-0.1, -0.05) is 84.4 Å². The molecule has 0 aliphatic carbocycles. The van der Waals surface area contributed by atoms with Gasteiger partial charge in [-0.2, -0.15) is 0 Å². The van der Waals surface area contributed by atoms with E-state index >= 15 is 0 Å². The zero-order chi connectivity index (χ0) is 17.5. The second-order valence-corrected chi connectivity index (χ2v) is 6.73. The molecule has 124 valence electrons. The van der Waals surface area contributed by atoms with E-state index in [1.807, 2.05) is 6.07 Å². The molecule has 0 fully saturated rings. The number of rotatable bonds is 2. The molecule has 1 nitrogen and oxygen atoms in total. The average Bonchev–Trinajstić information content (AvgIpc) is 3.06. The third-order valence-corrected chi connectivity index (χ3v) is 4.93. The van der Waals surface area contributed by atoms with Gasteiger partial charge in [-0.15, -0.1) is 0 Å². The average molecular weight is 334 g/mol. The van der Waals surface area contributed by atoms with E-state index in [-0.39, 0.29) is 0 Å². The Kier molecular flexibility index (Phi) is 3.39. The molecule has 1 heteroatoms. The van der Waals surface area contributed by atoms with Gasteiger partial charge in [-0.3, -0.25) is 0 Å². The molecule has 0 unspecified atom stereocenters. The summed E-state index contributed by atoms with van der Waals surface area (Å²) in [4.78, 5) is 0. The molecule has 0 aliphatic rings. The van der Waals surface area contributed by atoms with Gasteiger partial charge in [0.1, 0.15) is 11.2 Å². The number of hydrogen-bond donors (Lipinski definition) is 0. The molecule has 0 saturated heterocycles. The molecule has 5 rings (SSSR count). The molecule has 1 aromatic heterocycles. The van der Waals surface area contributed by atoms with E-state index in [2.05, 4.69) is 91.9 Å². The van der Waals surface area contributed by atoms with Crippen LogP contribution in [0.15, 0.2) is 95.4 Å². The van der Waals surface area contributed by atoms with Crippen LogP contribution < -0.4 is 0 Å². The minimum absolute atomic E-state index is 0.930. The lowest BCUT2D eigenvalue weighted by Crippen LogP contribution is -1.79. The summed E-state index contributed by atoms with van der Waals surface area (Å²) in [5.41, 5.74) is 7.92. The standard InChI is InChI=1S/C25H18O/c1-17-7-5-10-19(15-17)20-13-14-24-23(16-20)22-12-6-11-21(25(22)26-24)18-8-3-2-4-9-18/h2-16H,1H3. The van der Waals surface area contributed by atoms with Crippen molar-refractivity contribution >= 4 is 21.9 Å². The summed E-state index contributed by atoms with van der Waals surface area (Å²) >= 11 is 0. The summed E-state index contributed by atoms with van der Waals surface area (Å²) in [5, 5.41) is 2.33. The first-order valence-corrected chi connectivity index (χ1v) is 8.87. The maximum atomic E-state index is 6.25. The minimum atomic E-state index is 0.930. The smallest absolute Gasteiger partial charge is 0.143 e. The van der Waals surface area contributed by atoms with Crippen molar-refractivity contribution in [3.63, 3.8) is 0 Å². The highest BCUT2D eigenvalue weighted by Gasteiger charge is 2.12. The molecule has 26 heavy (non-hydrogen) atoms. The molecule has 5 aromatic rings. The van der Waals surface area contributed by atoms with Crippen LogP contribution in [-0.4, -0.2) is 0 Å². The van der Waals surface area contributed by atoms with Crippen LogP contribution in [0.5, 0.6) is 0 Å². The van der Waals surface area contributed by atoms with Crippen LogP contribution in [0.1, 0.15) is 5.56 Å². The molecule has 0 atom stereocenters. The van der Waals surface area contributed by atoms with Gasteiger partial charge in [0, 0.05) is 16.3 Å². The van der Waals surface area contributed by atoms with Crippen LogP contribution in [0, 0.1) is 6.92 Å². The number of furan rings is 1. The lowest BCUT2D eigenvalue weighted by molar-refractivity contribution is 0.670. The molecule has 4 aromatic carbocycles.